The Labute approximate surface area is 60.7 Å². The van der Waals surface area contributed by atoms with Crippen molar-refractivity contribution >= 4 is 0 Å². The van der Waals surface area contributed by atoms with Gasteiger partial charge in [0.25, 0.3) is 0 Å². The molecule has 0 saturated carbocycles. The molecule has 0 bridgehead atoms. The van der Waals surface area contributed by atoms with Gasteiger partial charge in [0.15, 0.2) is 5.79 Å². The van der Waals surface area contributed by atoms with E-state index in [9.17, 15) is 0 Å². The first-order chi connectivity index (χ1) is 4.91. The molecule has 2 heterocycles. The van der Waals surface area contributed by atoms with Crippen molar-refractivity contribution in [2.45, 2.75) is 18.6 Å². The fourth-order valence-corrected chi connectivity index (χ4v) is 1.52. The summed E-state index contributed by atoms with van der Waals surface area (Å²) < 4.78 is 11.0. The number of hydrogen-bond acceptors (Lipinski definition) is 2. The molecule has 0 atom stereocenters. The Kier molecular flexibility index (Phi) is 1.64. The molecule has 0 aliphatic carbocycles. The number of ether oxygens (including phenoxy) is 2. The van der Waals surface area contributed by atoms with Crippen molar-refractivity contribution in [3.05, 3.63) is 0 Å². The number of hydrogen-bond donors (Lipinski definition) is 0. The van der Waals surface area contributed by atoms with Crippen LogP contribution in [0, 0.1) is 0 Å². The summed E-state index contributed by atoms with van der Waals surface area (Å²) in [5.41, 5.74) is 0. The molecule has 57 valence electrons. The van der Waals surface area contributed by atoms with E-state index in [1.807, 2.05) is 0 Å². The van der Waals surface area contributed by atoms with Crippen LogP contribution in [0.3, 0.4) is 0 Å². The molecule has 0 aromatic rings. The highest BCUT2D eigenvalue weighted by Gasteiger charge is 2.37. The van der Waals surface area contributed by atoms with E-state index in [2.05, 4.69) is 5.32 Å². The molecule has 1 spiro atoms. The summed E-state index contributed by atoms with van der Waals surface area (Å²) in [6.45, 7) is 3.33. The van der Waals surface area contributed by atoms with E-state index in [0.717, 1.165) is 39.1 Å². The molecule has 0 aromatic heterocycles. The van der Waals surface area contributed by atoms with Crippen LogP contribution in [-0.4, -0.2) is 32.1 Å². The predicted molar refractivity (Wildman–Crippen MR) is 35.7 cm³/mol. The Morgan fingerprint density at radius 1 is 1.00 bits per heavy atom. The minimum atomic E-state index is -0.220. The third-order valence-electron chi connectivity index (χ3n) is 2.12. The molecule has 2 fully saturated rings. The standard InChI is InChI=1S/C7H12NO2/c1-3-8-4-2-7(1)9-5-6-10-7/h1-6H2. The number of piperidine rings is 1. The summed E-state index contributed by atoms with van der Waals surface area (Å²) in [6, 6.07) is 0. The van der Waals surface area contributed by atoms with E-state index in [-0.39, 0.29) is 5.79 Å². The lowest BCUT2D eigenvalue weighted by Gasteiger charge is -2.30. The van der Waals surface area contributed by atoms with Gasteiger partial charge in [-0.3, -0.25) is 0 Å². The normalized spacial score (nSPS) is 31.2. The lowest BCUT2D eigenvalue weighted by molar-refractivity contribution is -0.172. The largest absolute Gasteiger partial charge is 0.347 e. The number of rotatable bonds is 0. The Morgan fingerprint density at radius 3 is 2.20 bits per heavy atom. The van der Waals surface area contributed by atoms with E-state index >= 15 is 0 Å². The van der Waals surface area contributed by atoms with Crippen LogP contribution in [0.5, 0.6) is 0 Å². The van der Waals surface area contributed by atoms with Gasteiger partial charge >= 0.3 is 0 Å². The molecule has 3 heteroatoms. The van der Waals surface area contributed by atoms with Crippen LogP contribution < -0.4 is 5.32 Å². The molecule has 0 amide bonds. The van der Waals surface area contributed by atoms with Crippen LogP contribution in [0.25, 0.3) is 0 Å². The van der Waals surface area contributed by atoms with Crippen molar-refractivity contribution in [1.82, 2.24) is 5.32 Å². The van der Waals surface area contributed by atoms with Crippen LogP contribution >= 0.6 is 0 Å². The summed E-state index contributed by atoms with van der Waals surface area (Å²) in [6.07, 6.45) is 1.90. The molecular weight excluding hydrogens is 130 g/mol. The smallest absolute Gasteiger partial charge is 0.171 e. The fraction of sp³-hybridized carbons (Fsp3) is 1.00. The van der Waals surface area contributed by atoms with Crippen LogP contribution in [0.15, 0.2) is 0 Å². The Balaban J connectivity index is 1.98. The summed E-state index contributed by atoms with van der Waals surface area (Å²) in [7, 11) is 0. The molecule has 3 nitrogen and oxygen atoms in total. The maximum absolute atomic E-state index is 5.50. The zero-order valence-corrected chi connectivity index (χ0v) is 6.01. The predicted octanol–water partition coefficient (Wildman–Crippen LogP) is 0.128. The molecule has 10 heavy (non-hydrogen) atoms. The third kappa shape index (κ3) is 1.05. The zero-order valence-electron chi connectivity index (χ0n) is 6.01. The van der Waals surface area contributed by atoms with Crippen LogP contribution in [0.4, 0.5) is 0 Å². The van der Waals surface area contributed by atoms with Gasteiger partial charge in [0.1, 0.15) is 0 Å². The monoisotopic (exact) mass is 142 g/mol. The number of nitrogens with zero attached hydrogens (tertiary/aromatic N) is 1. The van der Waals surface area contributed by atoms with Gasteiger partial charge in [-0.2, -0.15) is 0 Å². The molecule has 0 N–H and O–H groups in total. The fourth-order valence-electron chi connectivity index (χ4n) is 1.52. The third-order valence-corrected chi connectivity index (χ3v) is 2.12. The quantitative estimate of drug-likeness (QED) is 0.481. The molecule has 0 unspecified atom stereocenters. The summed E-state index contributed by atoms with van der Waals surface area (Å²) in [5.74, 6) is -0.220. The first-order valence-corrected chi connectivity index (χ1v) is 3.83. The Morgan fingerprint density at radius 2 is 1.60 bits per heavy atom. The van der Waals surface area contributed by atoms with Crippen molar-refractivity contribution in [2.75, 3.05) is 26.3 Å². The Hall–Kier alpha value is -0.120. The summed E-state index contributed by atoms with van der Waals surface area (Å²) >= 11 is 0. The molecule has 1 radical (unpaired) electrons. The van der Waals surface area contributed by atoms with Gasteiger partial charge in [0.2, 0.25) is 0 Å². The second-order valence-corrected chi connectivity index (χ2v) is 2.78. The van der Waals surface area contributed by atoms with E-state index in [0.29, 0.717) is 0 Å². The van der Waals surface area contributed by atoms with Crippen molar-refractivity contribution in [2.24, 2.45) is 0 Å². The first-order valence-electron chi connectivity index (χ1n) is 3.83. The summed E-state index contributed by atoms with van der Waals surface area (Å²) in [5, 5.41) is 4.24. The Bertz CT molecular complexity index is 113. The highest BCUT2D eigenvalue weighted by Crippen LogP contribution is 2.28. The van der Waals surface area contributed by atoms with E-state index in [4.69, 9.17) is 9.47 Å². The maximum atomic E-state index is 5.50. The maximum Gasteiger partial charge on any atom is 0.171 e. The molecule has 2 aliphatic rings. The topological polar surface area (TPSA) is 32.6 Å². The van der Waals surface area contributed by atoms with Gasteiger partial charge in [0.05, 0.1) is 13.2 Å². The van der Waals surface area contributed by atoms with Crippen LogP contribution in [0.1, 0.15) is 12.8 Å². The van der Waals surface area contributed by atoms with Gasteiger partial charge < -0.3 is 9.47 Å². The molecule has 0 aromatic carbocycles. The van der Waals surface area contributed by atoms with Crippen LogP contribution in [-0.2, 0) is 9.47 Å². The SMILES string of the molecule is C1CC2(CC[N]1)OCCO2. The first kappa shape index (κ1) is 6.58. The average molecular weight is 142 g/mol. The summed E-state index contributed by atoms with van der Waals surface area (Å²) in [4.78, 5) is 0. The second-order valence-electron chi connectivity index (χ2n) is 2.78. The van der Waals surface area contributed by atoms with Gasteiger partial charge in [-0.15, -0.1) is 0 Å². The van der Waals surface area contributed by atoms with Crippen molar-refractivity contribution < 1.29 is 9.47 Å². The van der Waals surface area contributed by atoms with E-state index < -0.39 is 0 Å². The minimum Gasteiger partial charge on any atom is -0.347 e. The van der Waals surface area contributed by atoms with Gasteiger partial charge in [0, 0.05) is 25.9 Å². The second kappa shape index (κ2) is 2.49. The highest BCUT2D eigenvalue weighted by molar-refractivity contribution is 4.79. The highest BCUT2D eigenvalue weighted by atomic mass is 16.7. The van der Waals surface area contributed by atoms with Gasteiger partial charge in [-0.25, -0.2) is 5.32 Å². The van der Waals surface area contributed by atoms with E-state index in [1.165, 1.54) is 0 Å². The molecule has 2 saturated heterocycles. The van der Waals surface area contributed by atoms with E-state index in [1.54, 1.807) is 0 Å². The lowest BCUT2D eigenvalue weighted by atomic mass is 10.1. The van der Waals surface area contributed by atoms with Gasteiger partial charge in [-0.05, 0) is 0 Å². The molecular formula is C7H12NO2. The van der Waals surface area contributed by atoms with Crippen LogP contribution in [0.2, 0.25) is 0 Å². The van der Waals surface area contributed by atoms with Crippen molar-refractivity contribution in [3.63, 3.8) is 0 Å². The zero-order chi connectivity index (χ0) is 6.86. The van der Waals surface area contributed by atoms with Gasteiger partial charge in [-0.1, -0.05) is 0 Å². The lowest BCUT2D eigenvalue weighted by Crippen LogP contribution is -2.39. The van der Waals surface area contributed by atoms with Crippen molar-refractivity contribution in [3.8, 4) is 0 Å². The molecule has 2 rings (SSSR count). The van der Waals surface area contributed by atoms with Crippen molar-refractivity contribution in [1.29, 1.82) is 0 Å². The minimum absolute atomic E-state index is 0.220. The average Bonchev–Trinajstić information content (AvgIpc) is 2.39. The molecule has 2 aliphatic heterocycles.